The number of aliphatic hydroxyl groups is 1. The van der Waals surface area contributed by atoms with Crippen LogP contribution in [0.4, 0.5) is 0 Å². The predicted octanol–water partition coefficient (Wildman–Crippen LogP) is 1.00. The minimum absolute atomic E-state index is 0.0284. The van der Waals surface area contributed by atoms with Crippen LogP contribution in [0, 0.1) is 17.3 Å². The summed E-state index contributed by atoms with van der Waals surface area (Å²) in [6.45, 7) is 6.68. The van der Waals surface area contributed by atoms with Gasteiger partial charge < -0.3 is 10.4 Å². The van der Waals surface area contributed by atoms with Gasteiger partial charge in [0.1, 0.15) is 0 Å². The van der Waals surface area contributed by atoms with Crippen molar-refractivity contribution in [3.63, 3.8) is 0 Å². The SMILES string of the molecule is CC1(C)CC2CNCC(C1)C2O. The van der Waals surface area contributed by atoms with Gasteiger partial charge in [0.2, 0.25) is 0 Å². The molecule has 0 aromatic carbocycles. The largest absolute Gasteiger partial charge is 0.392 e. The Morgan fingerprint density at radius 1 is 1.17 bits per heavy atom. The predicted molar refractivity (Wildman–Crippen MR) is 48.9 cm³/mol. The van der Waals surface area contributed by atoms with Crippen molar-refractivity contribution in [2.24, 2.45) is 17.3 Å². The lowest BCUT2D eigenvalue weighted by Crippen LogP contribution is -2.53. The first kappa shape index (κ1) is 8.52. The van der Waals surface area contributed by atoms with E-state index in [1.165, 1.54) is 12.8 Å². The maximum Gasteiger partial charge on any atom is 0.0621 e. The second kappa shape index (κ2) is 2.71. The van der Waals surface area contributed by atoms with Crippen molar-refractivity contribution in [1.29, 1.82) is 0 Å². The zero-order valence-corrected chi connectivity index (χ0v) is 8.01. The lowest BCUT2D eigenvalue weighted by molar-refractivity contribution is -0.0467. The van der Waals surface area contributed by atoms with Crippen molar-refractivity contribution in [3.05, 3.63) is 0 Å². The monoisotopic (exact) mass is 169 g/mol. The van der Waals surface area contributed by atoms with Gasteiger partial charge >= 0.3 is 0 Å². The molecule has 2 aliphatic rings. The molecule has 0 aromatic heterocycles. The van der Waals surface area contributed by atoms with Gasteiger partial charge in [-0.25, -0.2) is 0 Å². The molecule has 2 fully saturated rings. The van der Waals surface area contributed by atoms with Crippen LogP contribution in [0.1, 0.15) is 26.7 Å². The fourth-order valence-corrected chi connectivity index (χ4v) is 2.97. The van der Waals surface area contributed by atoms with E-state index in [1.807, 2.05) is 0 Å². The minimum Gasteiger partial charge on any atom is -0.392 e. The van der Waals surface area contributed by atoms with Crippen molar-refractivity contribution in [3.8, 4) is 0 Å². The summed E-state index contributed by atoms with van der Waals surface area (Å²) in [6.07, 6.45) is 2.33. The van der Waals surface area contributed by atoms with Crippen molar-refractivity contribution in [2.45, 2.75) is 32.8 Å². The van der Waals surface area contributed by atoms with E-state index in [0.29, 0.717) is 17.3 Å². The van der Waals surface area contributed by atoms with E-state index in [0.717, 1.165) is 13.1 Å². The molecule has 1 aliphatic heterocycles. The number of fused-ring (bicyclic) bond motifs is 2. The fraction of sp³-hybridized carbons (Fsp3) is 1.00. The summed E-state index contributed by atoms with van der Waals surface area (Å²) in [5.41, 5.74) is 0.455. The molecule has 70 valence electrons. The topological polar surface area (TPSA) is 32.3 Å². The molecule has 2 heteroatoms. The number of rotatable bonds is 0. The summed E-state index contributed by atoms with van der Waals surface area (Å²) >= 11 is 0. The molecule has 2 unspecified atom stereocenters. The molecule has 1 heterocycles. The molecule has 2 bridgehead atoms. The molecule has 0 spiro atoms. The summed E-state index contributed by atoms with van der Waals surface area (Å²) in [5.74, 6) is 1.01. The van der Waals surface area contributed by atoms with Gasteiger partial charge in [-0.2, -0.15) is 0 Å². The molecule has 1 aliphatic carbocycles. The van der Waals surface area contributed by atoms with Crippen molar-refractivity contribution < 1.29 is 5.11 Å². The summed E-state index contributed by atoms with van der Waals surface area (Å²) in [7, 11) is 0. The van der Waals surface area contributed by atoms with E-state index in [9.17, 15) is 5.11 Å². The maximum atomic E-state index is 9.88. The van der Waals surface area contributed by atoms with Crippen molar-refractivity contribution >= 4 is 0 Å². The average molecular weight is 169 g/mol. The number of hydrogen-bond donors (Lipinski definition) is 2. The highest BCUT2D eigenvalue weighted by Gasteiger charge is 2.42. The van der Waals surface area contributed by atoms with E-state index in [4.69, 9.17) is 0 Å². The molecular weight excluding hydrogens is 150 g/mol. The van der Waals surface area contributed by atoms with Crippen LogP contribution in [0.5, 0.6) is 0 Å². The first-order valence-electron chi connectivity index (χ1n) is 4.97. The summed E-state index contributed by atoms with van der Waals surface area (Å²) < 4.78 is 0. The van der Waals surface area contributed by atoms with E-state index in [2.05, 4.69) is 19.2 Å². The van der Waals surface area contributed by atoms with Gasteiger partial charge in [0, 0.05) is 13.1 Å². The van der Waals surface area contributed by atoms with E-state index >= 15 is 0 Å². The van der Waals surface area contributed by atoms with E-state index in [-0.39, 0.29) is 6.10 Å². The second-order valence-corrected chi connectivity index (χ2v) is 5.24. The smallest absolute Gasteiger partial charge is 0.0621 e. The van der Waals surface area contributed by atoms with Gasteiger partial charge in [-0.05, 0) is 30.1 Å². The number of aliphatic hydroxyl groups excluding tert-OH is 1. The summed E-state index contributed by atoms with van der Waals surface area (Å²) in [4.78, 5) is 0. The van der Waals surface area contributed by atoms with Crippen molar-refractivity contribution in [2.75, 3.05) is 13.1 Å². The molecular formula is C10H19NO. The van der Waals surface area contributed by atoms with Crippen LogP contribution in [0.25, 0.3) is 0 Å². The molecule has 2 N–H and O–H groups in total. The Morgan fingerprint density at radius 3 is 2.17 bits per heavy atom. The summed E-state index contributed by atoms with van der Waals surface area (Å²) in [5, 5.41) is 13.3. The Bertz CT molecular complexity index is 163. The van der Waals surface area contributed by atoms with Crippen molar-refractivity contribution in [1.82, 2.24) is 5.32 Å². The van der Waals surface area contributed by atoms with Gasteiger partial charge in [0.15, 0.2) is 0 Å². The Kier molecular flexibility index (Phi) is 1.92. The highest BCUT2D eigenvalue weighted by molar-refractivity contribution is 4.94. The van der Waals surface area contributed by atoms with Gasteiger partial charge in [-0.3, -0.25) is 0 Å². The average Bonchev–Trinajstić information content (AvgIpc) is 1.92. The molecule has 1 saturated heterocycles. The maximum absolute atomic E-state index is 9.88. The first-order chi connectivity index (χ1) is 5.58. The van der Waals surface area contributed by atoms with Crippen LogP contribution in [-0.4, -0.2) is 24.3 Å². The summed E-state index contributed by atoms with van der Waals surface area (Å²) in [6, 6.07) is 0. The van der Waals surface area contributed by atoms with Crippen LogP contribution < -0.4 is 5.32 Å². The van der Waals surface area contributed by atoms with Crippen LogP contribution in [0.15, 0.2) is 0 Å². The Labute approximate surface area is 74.4 Å². The second-order valence-electron chi connectivity index (χ2n) is 5.24. The zero-order valence-electron chi connectivity index (χ0n) is 8.01. The molecule has 0 aromatic rings. The normalized spacial score (nSPS) is 45.8. The number of piperidine rings is 1. The molecule has 12 heavy (non-hydrogen) atoms. The standard InChI is InChI=1S/C10H19NO/c1-10(2)3-7-5-11-6-8(4-10)9(7)12/h7-9,11-12H,3-6H2,1-2H3. The van der Waals surface area contributed by atoms with Crippen LogP contribution >= 0.6 is 0 Å². The van der Waals surface area contributed by atoms with E-state index < -0.39 is 0 Å². The molecule has 2 rings (SSSR count). The van der Waals surface area contributed by atoms with Crippen LogP contribution in [-0.2, 0) is 0 Å². The third-order valence-electron chi connectivity index (χ3n) is 3.41. The van der Waals surface area contributed by atoms with Crippen LogP contribution in [0.3, 0.4) is 0 Å². The van der Waals surface area contributed by atoms with Gasteiger partial charge in [-0.1, -0.05) is 13.8 Å². The fourth-order valence-electron chi connectivity index (χ4n) is 2.97. The van der Waals surface area contributed by atoms with Crippen LogP contribution in [0.2, 0.25) is 0 Å². The highest BCUT2D eigenvalue weighted by atomic mass is 16.3. The number of nitrogens with one attached hydrogen (secondary N) is 1. The molecule has 0 radical (unpaired) electrons. The van der Waals surface area contributed by atoms with Gasteiger partial charge in [-0.15, -0.1) is 0 Å². The van der Waals surface area contributed by atoms with E-state index in [1.54, 1.807) is 0 Å². The minimum atomic E-state index is -0.0284. The molecule has 0 amide bonds. The zero-order chi connectivity index (χ0) is 8.77. The third-order valence-corrected chi connectivity index (χ3v) is 3.41. The molecule has 2 nitrogen and oxygen atoms in total. The van der Waals surface area contributed by atoms with Gasteiger partial charge in [0.05, 0.1) is 6.10 Å². The third kappa shape index (κ3) is 1.38. The quantitative estimate of drug-likeness (QED) is 0.567. The molecule has 1 saturated carbocycles. The Hall–Kier alpha value is -0.0800. The lowest BCUT2D eigenvalue weighted by atomic mass is 9.64. The number of hydrogen-bond acceptors (Lipinski definition) is 2. The Morgan fingerprint density at radius 2 is 1.67 bits per heavy atom. The first-order valence-corrected chi connectivity index (χ1v) is 4.97. The highest BCUT2D eigenvalue weighted by Crippen LogP contribution is 2.43. The molecule has 2 atom stereocenters. The van der Waals surface area contributed by atoms with Gasteiger partial charge in [0.25, 0.3) is 0 Å². The Balaban J connectivity index is 2.12. The lowest BCUT2D eigenvalue weighted by Gasteiger charge is -2.47.